The molecule has 0 heterocycles. The maximum absolute atomic E-state index is 9.64. The van der Waals surface area contributed by atoms with Gasteiger partial charge in [-0.1, -0.05) is 40.0 Å². The lowest BCUT2D eigenvalue weighted by molar-refractivity contribution is 0.00150. The number of aliphatic hydroxyl groups excluding tert-OH is 2. The lowest BCUT2D eigenvalue weighted by Crippen LogP contribution is -2.32. The summed E-state index contributed by atoms with van der Waals surface area (Å²) in [6.07, 6.45) is 3.84. The van der Waals surface area contributed by atoms with Crippen LogP contribution in [0.15, 0.2) is 0 Å². The lowest BCUT2D eigenvalue weighted by atomic mass is 9.85. The molecule has 0 fully saturated rings. The predicted octanol–water partition coefficient (Wildman–Crippen LogP) is 1.95. The van der Waals surface area contributed by atoms with Gasteiger partial charge in [0.25, 0.3) is 0 Å². The smallest absolute Gasteiger partial charge is 0.0613 e. The second-order valence-corrected chi connectivity index (χ2v) is 4.16. The maximum Gasteiger partial charge on any atom is 0.0613 e. The van der Waals surface area contributed by atoms with Crippen LogP contribution in [0.2, 0.25) is 0 Å². The van der Waals surface area contributed by atoms with Crippen molar-refractivity contribution in [2.45, 2.75) is 52.6 Å². The van der Waals surface area contributed by atoms with Crippen molar-refractivity contribution in [3.8, 4) is 0 Å². The van der Waals surface area contributed by atoms with E-state index in [0.717, 1.165) is 12.8 Å². The number of aliphatic hydroxyl groups is 2. The van der Waals surface area contributed by atoms with E-state index in [1.807, 2.05) is 13.8 Å². The monoisotopic (exact) mass is 174 g/mol. The predicted molar refractivity (Wildman–Crippen MR) is 51.0 cm³/mol. The first-order valence-corrected chi connectivity index (χ1v) is 4.83. The highest BCUT2D eigenvalue weighted by molar-refractivity contribution is 4.76. The summed E-state index contributed by atoms with van der Waals surface area (Å²) >= 11 is 0. The van der Waals surface area contributed by atoms with Crippen molar-refractivity contribution in [2.24, 2.45) is 5.41 Å². The maximum atomic E-state index is 9.64. The molecule has 0 radical (unpaired) electrons. The van der Waals surface area contributed by atoms with Gasteiger partial charge in [-0.3, -0.25) is 0 Å². The molecular weight excluding hydrogens is 152 g/mol. The molecular formula is C10H22O2. The van der Waals surface area contributed by atoms with Crippen molar-refractivity contribution in [1.29, 1.82) is 0 Å². The minimum atomic E-state index is -0.367. The van der Waals surface area contributed by atoms with Gasteiger partial charge in [-0.2, -0.15) is 0 Å². The summed E-state index contributed by atoms with van der Waals surface area (Å²) in [6, 6.07) is 0. The van der Waals surface area contributed by atoms with E-state index in [4.69, 9.17) is 5.11 Å². The fourth-order valence-corrected chi connectivity index (χ4v) is 1.08. The van der Waals surface area contributed by atoms with Gasteiger partial charge in [-0.05, 0) is 6.42 Å². The van der Waals surface area contributed by atoms with Crippen LogP contribution in [-0.2, 0) is 0 Å². The van der Waals surface area contributed by atoms with E-state index >= 15 is 0 Å². The van der Waals surface area contributed by atoms with E-state index < -0.39 is 0 Å². The van der Waals surface area contributed by atoms with Crippen LogP contribution < -0.4 is 0 Å². The van der Waals surface area contributed by atoms with Gasteiger partial charge in [0.1, 0.15) is 0 Å². The van der Waals surface area contributed by atoms with Crippen LogP contribution in [0.1, 0.15) is 46.5 Å². The zero-order chi connectivity index (χ0) is 9.61. The topological polar surface area (TPSA) is 40.5 Å². The van der Waals surface area contributed by atoms with Crippen molar-refractivity contribution in [3.63, 3.8) is 0 Å². The first-order chi connectivity index (χ1) is 5.54. The lowest BCUT2D eigenvalue weighted by Gasteiger charge is -2.28. The molecule has 12 heavy (non-hydrogen) atoms. The van der Waals surface area contributed by atoms with Crippen molar-refractivity contribution in [3.05, 3.63) is 0 Å². The molecule has 0 aromatic carbocycles. The molecule has 2 N–H and O–H groups in total. The average molecular weight is 174 g/mol. The third-order valence-electron chi connectivity index (χ3n) is 2.39. The fourth-order valence-electron chi connectivity index (χ4n) is 1.08. The molecule has 0 aromatic rings. The van der Waals surface area contributed by atoms with Crippen LogP contribution in [0.5, 0.6) is 0 Å². The van der Waals surface area contributed by atoms with Crippen LogP contribution >= 0.6 is 0 Å². The zero-order valence-electron chi connectivity index (χ0n) is 8.51. The van der Waals surface area contributed by atoms with Gasteiger partial charge >= 0.3 is 0 Å². The highest BCUT2D eigenvalue weighted by Gasteiger charge is 2.25. The first-order valence-electron chi connectivity index (χ1n) is 4.83. The minimum Gasteiger partial charge on any atom is -0.396 e. The standard InChI is InChI=1S/C10H22O2/c1-4-5-6-7-9(12)10(2,3)8-11/h9,11-12H,4-8H2,1-3H3/t9-/m0/s1. The van der Waals surface area contributed by atoms with Gasteiger partial charge in [-0.25, -0.2) is 0 Å². The molecule has 0 unspecified atom stereocenters. The molecule has 0 aliphatic heterocycles. The third kappa shape index (κ3) is 4.07. The summed E-state index contributed by atoms with van der Waals surface area (Å²) in [5.74, 6) is 0. The van der Waals surface area contributed by atoms with Gasteiger partial charge in [0.05, 0.1) is 12.7 Å². The second kappa shape index (κ2) is 5.55. The molecule has 0 aromatic heterocycles. The molecule has 0 saturated carbocycles. The molecule has 2 heteroatoms. The van der Waals surface area contributed by atoms with Gasteiger partial charge < -0.3 is 10.2 Å². The van der Waals surface area contributed by atoms with Crippen LogP contribution in [-0.4, -0.2) is 22.9 Å². The van der Waals surface area contributed by atoms with Crippen LogP contribution in [0, 0.1) is 5.41 Å². The quantitative estimate of drug-likeness (QED) is 0.604. The Balaban J connectivity index is 3.63. The van der Waals surface area contributed by atoms with Crippen molar-refractivity contribution in [1.82, 2.24) is 0 Å². The van der Waals surface area contributed by atoms with Crippen LogP contribution in [0.3, 0.4) is 0 Å². The minimum absolute atomic E-state index is 0.0558. The molecule has 0 bridgehead atoms. The third-order valence-corrected chi connectivity index (χ3v) is 2.39. The van der Waals surface area contributed by atoms with E-state index in [1.54, 1.807) is 0 Å². The SMILES string of the molecule is CCCCC[C@H](O)C(C)(C)CO. The summed E-state index contributed by atoms with van der Waals surface area (Å²) in [5.41, 5.74) is -0.340. The van der Waals surface area contributed by atoms with Crippen molar-refractivity contribution < 1.29 is 10.2 Å². The van der Waals surface area contributed by atoms with Crippen LogP contribution in [0.25, 0.3) is 0 Å². The Morgan fingerprint density at radius 2 is 1.83 bits per heavy atom. The number of unbranched alkanes of at least 4 members (excludes halogenated alkanes) is 2. The van der Waals surface area contributed by atoms with E-state index in [0.29, 0.717) is 0 Å². The summed E-state index contributed by atoms with van der Waals surface area (Å²) in [6.45, 7) is 5.98. The van der Waals surface area contributed by atoms with Gasteiger partial charge in [0.15, 0.2) is 0 Å². The van der Waals surface area contributed by atoms with E-state index in [9.17, 15) is 5.11 Å². The highest BCUT2D eigenvalue weighted by Crippen LogP contribution is 2.23. The van der Waals surface area contributed by atoms with E-state index in [-0.39, 0.29) is 18.1 Å². The molecule has 0 spiro atoms. The van der Waals surface area contributed by atoms with Gasteiger partial charge in [-0.15, -0.1) is 0 Å². The zero-order valence-corrected chi connectivity index (χ0v) is 8.51. The molecule has 0 amide bonds. The summed E-state index contributed by atoms with van der Waals surface area (Å²) in [4.78, 5) is 0. The number of rotatable bonds is 6. The Labute approximate surface area is 75.6 Å². The number of hydrogen-bond donors (Lipinski definition) is 2. The first kappa shape index (κ1) is 11.9. The highest BCUT2D eigenvalue weighted by atomic mass is 16.3. The van der Waals surface area contributed by atoms with E-state index in [1.165, 1.54) is 12.8 Å². The molecule has 0 aliphatic rings. The second-order valence-electron chi connectivity index (χ2n) is 4.16. The Kier molecular flexibility index (Phi) is 5.51. The molecule has 0 aliphatic carbocycles. The van der Waals surface area contributed by atoms with Gasteiger partial charge in [0.2, 0.25) is 0 Å². The Morgan fingerprint density at radius 3 is 2.25 bits per heavy atom. The summed E-state index contributed by atoms with van der Waals surface area (Å²) < 4.78 is 0. The normalized spacial score (nSPS) is 14.8. The fraction of sp³-hybridized carbons (Fsp3) is 1.00. The Morgan fingerprint density at radius 1 is 1.25 bits per heavy atom. The largest absolute Gasteiger partial charge is 0.396 e. The van der Waals surface area contributed by atoms with E-state index in [2.05, 4.69) is 6.92 Å². The molecule has 0 rings (SSSR count). The summed E-state index contributed by atoms with van der Waals surface area (Å²) in [5, 5.41) is 18.6. The van der Waals surface area contributed by atoms with Crippen molar-refractivity contribution >= 4 is 0 Å². The van der Waals surface area contributed by atoms with Crippen molar-refractivity contribution in [2.75, 3.05) is 6.61 Å². The summed E-state index contributed by atoms with van der Waals surface area (Å²) in [7, 11) is 0. The molecule has 74 valence electrons. The average Bonchev–Trinajstić information content (AvgIpc) is 2.05. The number of hydrogen-bond acceptors (Lipinski definition) is 2. The van der Waals surface area contributed by atoms with Crippen LogP contribution in [0.4, 0.5) is 0 Å². The molecule has 2 nitrogen and oxygen atoms in total. The Bertz CT molecular complexity index is 110. The van der Waals surface area contributed by atoms with Gasteiger partial charge in [0, 0.05) is 5.41 Å². The molecule has 0 saturated heterocycles. The molecule has 1 atom stereocenters. The Hall–Kier alpha value is -0.0800.